The Morgan fingerprint density at radius 3 is 3.05 bits per heavy atom. The molecule has 21 heavy (non-hydrogen) atoms. The first-order chi connectivity index (χ1) is 10.1. The molecule has 1 fully saturated rings. The Morgan fingerprint density at radius 1 is 1.48 bits per heavy atom. The van der Waals surface area contributed by atoms with Gasteiger partial charge in [-0.2, -0.15) is 0 Å². The number of pyridine rings is 1. The number of nitrogens with one attached hydrogen (secondary N) is 2. The molecule has 6 heteroatoms. The van der Waals surface area contributed by atoms with Crippen LogP contribution in [0.25, 0.3) is 0 Å². The second-order valence-corrected chi connectivity index (χ2v) is 5.19. The van der Waals surface area contributed by atoms with E-state index in [4.69, 9.17) is 0 Å². The topological polar surface area (TPSA) is 74.3 Å². The molecule has 2 heterocycles. The van der Waals surface area contributed by atoms with Crippen LogP contribution in [0.4, 0.5) is 5.69 Å². The SMILES string of the molecule is CCCNc1cc(C)ncc1C(=O)N1CCNC(=O)CC1. The van der Waals surface area contributed by atoms with Gasteiger partial charge in [0.15, 0.2) is 0 Å². The van der Waals surface area contributed by atoms with Crippen molar-refractivity contribution in [3.05, 3.63) is 23.5 Å². The molecule has 1 aromatic rings. The Morgan fingerprint density at radius 2 is 2.29 bits per heavy atom. The van der Waals surface area contributed by atoms with E-state index in [1.807, 2.05) is 13.0 Å². The molecule has 6 nitrogen and oxygen atoms in total. The number of aryl methyl sites for hydroxylation is 1. The van der Waals surface area contributed by atoms with E-state index >= 15 is 0 Å². The van der Waals surface area contributed by atoms with Gasteiger partial charge in [0.1, 0.15) is 0 Å². The normalized spacial score (nSPS) is 15.3. The Balaban J connectivity index is 2.19. The molecule has 1 saturated heterocycles. The smallest absolute Gasteiger partial charge is 0.257 e. The number of aromatic nitrogens is 1. The monoisotopic (exact) mass is 290 g/mol. The van der Waals surface area contributed by atoms with Crippen LogP contribution in [0.2, 0.25) is 0 Å². The van der Waals surface area contributed by atoms with Gasteiger partial charge >= 0.3 is 0 Å². The second-order valence-electron chi connectivity index (χ2n) is 5.19. The second kappa shape index (κ2) is 7.06. The molecule has 0 saturated carbocycles. The van der Waals surface area contributed by atoms with Crippen molar-refractivity contribution in [2.75, 3.05) is 31.5 Å². The van der Waals surface area contributed by atoms with Crippen LogP contribution in [0.3, 0.4) is 0 Å². The molecular weight excluding hydrogens is 268 g/mol. The van der Waals surface area contributed by atoms with Gasteiger partial charge in [-0.15, -0.1) is 0 Å². The maximum atomic E-state index is 12.7. The van der Waals surface area contributed by atoms with Crippen LogP contribution in [-0.2, 0) is 4.79 Å². The Hall–Kier alpha value is -2.11. The van der Waals surface area contributed by atoms with Gasteiger partial charge in [-0.25, -0.2) is 0 Å². The van der Waals surface area contributed by atoms with Crippen LogP contribution in [0.1, 0.15) is 35.8 Å². The van der Waals surface area contributed by atoms with Crippen molar-refractivity contribution in [2.45, 2.75) is 26.7 Å². The lowest BCUT2D eigenvalue weighted by atomic mass is 10.1. The van der Waals surface area contributed by atoms with Gasteiger partial charge in [0.05, 0.1) is 11.3 Å². The fraction of sp³-hybridized carbons (Fsp3) is 0.533. The van der Waals surface area contributed by atoms with Gasteiger partial charge in [0.2, 0.25) is 5.91 Å². The molecule has 1 aliphatic heterocycles. The van der Waals surface area contributed by atoms with Crippen LogP contribution >= 0.6 is 0 Å². The summed E-state index contributed by atoms with van der Waals surface area (Å²) in [4.78, 5) is 30.0. The Labute approximate surface area is 124 Å². The molecule has 2 amide bonds. The summed E-state index contributed by atoms with van der Waals surface area (Å²) >= 11 is 0. The van der Waals surface area contributed by atoms with Crippen LogP contribution in [0.5, 0.6) is 0 Å². The largest absolute Gasteiger partial charge is 0.384 e. The molecular formula is C15H22N4O2. The summed E-state index contributed by atoms with van der Waals surface area (Å²) in [6.45, 7) is 6.28. The van der Waals surface area contributed by atoms with Gasteiger partial charge in [-0.3, -0.25) is 14.6 Å². The number of anilines is 1. The number of carbonyl (C=O) groups is 2. The van der Waals surface area contributed by atoms with Crippen molar-refractivity contribution >= 4 is 17.5 Å². The fourth-order valence-electron chi connectivity index (χ4n) is 2.28. The third kappa shape index (κ3) is 3.93. The molecule has 2 N–H and O–H groups in total. The number of amides is 2. The summed E-state index contributed by atoms with van der Waals surface area (Å²) in [5.74, 6) is -0.0748. The molecule has 1 aromatic heterocycles. The summed E-state index contributed by atoms with van der Waals surface area (Å²) in [6.07, 6.45) is 2.95. The van der Waals surface area contributed by atoms with E-state index in [2.05, 4.69) is 22.5 Å². The van der Waals surface area contributed by atoms with Gasteiger partial charge in [-0.1, -0.05) is 6.92 Å². The summed E-state index contributed by atoms with van der Waals surface area (Å²) in [6, 6.07) is 1.89. The van der Waals surface area contributed by atoms with Crippen molar-refractivity contribution in [3.63, 3.8) is 0 Å². The van der Waals surface area contributed by atoms with Crippen LogP contribution in [-0.4, -0.2) is 47.9 Å². The van der Waals surface area contributed by atoms with Gasteiger partial charge in [0, 0.05) is 44.5 Å². The highest BCUT2D eigenvalue weighted by Crippen LogP contribution is 2.18. The van der Waals surface area contributed by atoms with E-state index < -0.39 is 0 Å². The van der Waals surface area contributed by atoms with Crippen LogP contribution in [0.15, 0.2) is 12.3 Å². The minimum Gasteiger partial charge on any atom is -0.384 e. The summed E-state index contributed by atoms with van der Waals surface area (Å²) in [5.41, 5.74) is 2.26. The third-order valence-electron chi connectivity index (χ3n) is 3.44. The maximum Gasteiger partial charge on any atom is 0.257 e. The number of hydrogen-bond acceptors (Lipinski definition) is 4. The molecule has 2 rings (SSSR count). The molecule has 0 unspecified atom stereocenters. The molecule has 114 valence electrons. The van der Waals surface area contributed by atoms with E-state index in [1.165, 1.54) is 0 Å². The zero-order chi connectivity index (χ0) is 15.2. The first-order valence-corrected chi connectivity index (χ1v) is 7.38. The quantitative estimate of drug-likeness (QED) is 0.873. The van der Waals surface area contributed by atoms with Crippen LogP contribution < -0.4 is 10.6 Å². The zero-order valence-electron chi connectivity index (χ0n) is 12.6. The van der Waals surface area contributed by atoms with Crippen molar-refractivity contribution in [1.82, 2.24) is 15.2 Å². The predicted octanol–water partition coefficient (Wildman–Crippen LogP) is 1.17. The highest BCUT2D eigenvalue weighted by molar-refractivity contribution is 5.99. The van der Waals surface area contributed by atoms with Crippen molar-refractivity contribution in [3.8, 4) is 0 Å². The molecule has 0 bridgehead atoms. The molecule has 0 aliphatic carbocycles. The van der Waals surface area contributed by atoms with E-state index in [9.17, 15) is 9.59 Å². The van der Waals surface area contributed by atoms with E-state index in [0.717, 1.165) is 24.3 Å². The van der Waals surface area contributed by atoms with Gasteiger partial charge < -0.3 is 15.5 Å². The zero-order valence-corrected chi connectivity index (χ0v) is 12.6. The van der Waals surface area contributed by atoms with Crippen LogP contribution in [0, 0.1) is 6.92 Å². The molecule has 0 spiro atoms. The van der Waals surface area contributed by atoms with E-state index in [-0.39, 0.29) is 11.8 Å². The highest BCUT2D eigenvalue weighted by Gasteiger charge is 2.22. The highest BCUT2D eigenvalue weighted by atomic mass is 16.2. The number of hydrogen-bond donors (Lipinski definition) is 2. The minimum absolute atomic E-state index is 0.00309. The minimum atomic E-state index is -0.0717. The third-order valence-corrected chi connectivity index (χ3v) is 3.44. The van der Waals surface area contributed by atoms with Crippen molar-refractivity contribution in [2.24, 2.45) is 0 Å². The lowest BCUT2D eigenvalue weighted by Gasteiger charge is -2.21. The van der Waals surface area contributed by atoms with Gasteiger partial charge in [0.25, 0.3) is 5.91 Å². The maximum absolute atomic E-state index is 12.7. The molecule has 0 aromatic carbocycles. The fourth-order valence-corrected chi connectivity index (χ4v) is 2.28. The Bertz CT molecular complexity index is 530. The average Bonchev–Trinajstić information content (AvgIpc) is 2.69. The number of nitrogens with zero attached hydrogens (tertiary/aromatic N) is 2. The summed E-state index contributed by atoms with van der Waals surface area (Å²) in [7, 11) is 0. The summed E-state index contributed by atoms with van der Waals surface area (Å²) in [5, 5.41) is 6.05. The molecule has 1 aliphatic rings. The van der Waals surface area contributed by atoms with E-state index in [1.54, 1.807) is 11.1 Å². The van der Waals surface area contributed by atoms with E-state index in [0.29, 0.717) is 31.6 Å². The number of carbonyl (C=O) groups excluding carboxylic acids is 2. The molecule has 0 atom stereocenters. The number of rotatable bonds is 4. The summed E-state index contributed by atoms with van der Waals surface area (Å²) < 4.78 is 0. The predicted molar refractivity (Wildman–Crippen MR) is 81.3 cm³/mol. The lowest BCUT2D eigenvalue weighted by molar-refractivity contribution is -0.120. The first kappa shape index (κ1) is 15.3. The van der Waals surface area contributed by atoms with Crippen molar-refractivity contribution in [1.29, 1.82) is 0 Å². The Kier molecular flexibility index (Phi) is 5.14. The lowest BCUT2D eigenvalue weighted by Crippen LogP contribution is -2.34. The standard InChI is InChI=1S/C15H22N4O2/c1-3-5-16-13-9-11(2)18-10-12(13)15(21)19-7-4-14(20)17-6-8-19/h9-10H,3-8H2,1-2H3,(H,16,18)(H,17,20). The van der Waals surface area contributed by atoms with Crippen molar-refractivity contribution < 1.29 is 9.59 Å². The first-order valence-electron chi connectivity index (χ1n) is 7.38. The van der Waals surface area contributed by atoms with Gasteiger partial charge in [-0.05, 0) is 19.4 Å². The molecule has 0 radical (unpaired) electrons. The average molecular weight is 290 g/mol.